The van der Waals surface area contributed by atoms with Crippen molar-refractivity contribution in [2.24, 2.45) is 0 Å². The van der Waals surface area contributed by atoms with Crippen LogP contribution in [0.15, 0.2) is 6.20 Å². The van der Waals surface area contributed by atoms with Crippen molar-refractivity contribution in [1.82, 2.24) is 15.6 Å². The topological polar surface area (TPSA) is 37.0 Å². The van der Waals surface area contributed by atoms with Gasteiger partial charge in [-0.1, -0.05) is 0 Å². The van der Waals surface area contributed by atoms with E-state index in [0.717, 1.165) is 19.6 Å². The summed E-state index contributed by atoms with van der Waals surface area (Å²) in [6.07, 6.45) is 4.50. The van der Waals surface area contributed by atoms with Gasteiger partial charge in [0.2, 0.25) is 0 Å². The van der Waals surface area contributed by atoms with Crippen LogP contribution in [0.1, 0.15) is 28.6 Å². The van der Waals surface area contributed by atoms with Crippen LogP contribution >= 0.6 is 11.3 Å². The van der Waals surface area contributed by atoms with Gasteiger partial charge < -0.3 is 10.6 Å². The molecule has 0 saturated carbocycles. The molecule has 0 radical (unpaired) electrons. The Hall–Kier alpha value is -0.450. The van der Waals surface area contributed by atoms with E-state index in [1.54, 1.807) is 0 Å². The Balaban J connectivity index is 2.00. The maximum atomic E-state index is 4.51. The average molecular weight is 211 g/mol. The van der Waals surface area contributed by atoms with Gasteiger partial charge in [-0.25, -0.2) is 4.98 Å². The lowest BCUT2D eigenvalue weighted by Gasteiger charge is -2.20. The third-order valence-corrected chi connectivity index (χ3v) is 3.77. The first-order chi connectivity index (χ1) is 6.90. The monoisotopic (exact) mass is 211 g/mol. The molecule has 0 unspecified atom stereocenters. The van der Waals surface area contributed by atoms with Gasteiger partial charge in [0.05, 0.1) is 5.01 Å². The molecule has 3 nitrogen and oxygen atoms in total. The van der Waals surface area contributed by atoms with Gasteiger partial charge in [0.25, 0.3) is 0 Å². The minimum absolute atomic E-state index is 0.701. The molecule has 1 aromatic rings. The van der Waals surface area contributed by atoms with Gasteiger partial charge in [0.15, 0.2) is 0 Å². The first-order valence-electron chi connectivity index (χ1n) is 5.20. The Bertz CT molecular complexity index is 279. The number of hydrogen-bond donors (Lipinski definition) is 2. The zero-order valence-electron chi connectivity index (χ0n) is 8.55. The highest BCUT2D eigenvalue weighted by molar-refractivity contribution is 7.11. The predicted octanol–water partition coefficient (Wildman–Crippen LogP) is 1.33. The van der Waals surface area contributed by atoms with Crippen LogP contribution in [0.25, 0.3) is 0 Å². The van der Waals surface area contributed by atoms with Crippen molar-refractivity contribution in [2.75, 3.05) is 20.1 Å². The van der Waals surface area contributed by atoms with Crippen LogP contribution in [-0.4, -0.2) is 25.1 Å². The van der Waals surface area contributed by atoms with E-state index in [2.05, 4.69) is 15.6 Å². The van der Waals surface area contributed by atoms with Gasteiger partial charge in [0, 0.05) is 23.5 Å². The zero-order valence-corrected chi connectivity index (χ0v) is 9.36. The number of nitrogens with zero attached hydrogens (tertiary/aromatic N) is 1. The molecule has 1 saturated heterocycles. The molecule has 0 aromatic carbocycles. The van der Waals surface area contributed by atoms with Crippen molar-refractivity contribution in [1.29, 1.82) is 0 Å². The third kappa shape index (κ3) is 2.32. The van der Waals surface area contributed by atoms with E-state index in [9.17, 15) is 0 Å². The highest BCUT2D eigenvalue weighted by Crippen LogP contribution is 2.28. The number of nitrogens with one attached hydrogen (secondary N) is 2. The van der Waals surface area contributed by atoms with Gasteiger partial charge in [-0.15, -0.1) is 11.3 Å². The van der Waals surface area contributed by atoms with Crippen LogP contribution in [0.4, 0.5) is 0 Å². The number of rotatable bonds is 3. The molecule has 4 heteroatoms. The molecule has 1 aliphatic rings. The first kappa shape index (κ1) is 10.1. The second-order valence-electron chi connectivity index (χ2n) is 3.72. The fourth-order valence-electron chi connectivity index (χ4n) is 1.84. The van der Waals surface area contributed by atoms with E-state index < -0.39 is 0 Å². The standard InChI is InChI=1S/C10H17N3S/c1-11-6-9-7-13-10(14-9)8-2-4-12-5-3-8/h7-8,11-12H,2-6H2,1H3. The molecular weight excluding hydrogens is 194 g/mol. The molecule has 0 amide bonds. The average Bonchev–Trinajstić information content (AvgIpc) is 2.68. The minimum atomic E-state index is 0.701. The maximum absolute atomic E-state index is 4.51. The summed E-state index contributed by atoms with van der Waals surface area (Å²) in [7, 11) is 1.98. The van der Waals surface area contributed by atoms with Gasteiger partial charge in [0.1, 0.15) is 0 Å². The van der Waals surface area contributed by atoms with Gasteiger partial charge in [-0.05, 0) is 33.0 Å². The van der Waals surface area contributed by atoms with E-state index in [1.807, 2.05) is 24.6 Å². The molecule has 2 rings (SSSR count). The number of hydrogen-bond acceptors (Lipinski definition) is 4. The molecule has 14 heavy (non-hydrogen) atoms. The van der Waals surface area contributed by atoms with Crippen molar-refractivity contribution in [2.45, 2.75) is 25.3 Å². The summed E-state index contributed by atoms with van der Waals surface area (Å²) in [5, 5.41) is 7.87. The van der Waals surface area contributed by atoms with Crippen molar-refractivity contribution in [3.8, 4) is 0 Å². The highest BCUT2D eigenvalue weighted by atomic mass is 32.1. The quantitative estimate of drug-likeness (QED) is 0.792. The molecule has 0 spiro atoms. The Kier molecular flexibility index (Phi) is 3.50. The lowest BCUT2D eigenvalue weighted by atomic mass is 9.99. The number of aromatic nitrogens is 1. The maximum Gasteiger partial charge on any atom is 0.0960 e. The van der Waals surface area contributed by atoms with Crippen LogP contribution < -0.4 is 10.6 Å². The highest BCUT2D eigenvalue weighted by Gasteiger charge is 2.17. The largest absolute Gasteiger partial charge is 0.317 e. The second-order valence-corrected chi connectivity index (χ2v) is 4.87. The number of thiazole rings is 1. The van der Waals surface area contributed by atoms with Crippen molar-refractivity contribution >= 4 is 11.3 Å². The van der Waals surface area contributed by atoms with E-state index in [-0.39, 0.29) is 0 Å². The Morgan fingerprint density at radius 2 is 2.36 bits per heavy atom. The summed E-state index contributed by atoms with van der Waals surface area (Å²) in [6, 6.07) is 0. The molecule has 2 heterocycles. The Morgan fingerprint density at radius 1 is 1.57 bits per heavy atom. The van der Waals surface area contributed by atoms with Crippen molar-refractivity contribution < 1.29 is 0 Å². The molecule has 1 aliphatic heterocycles. The Labute approximate surface area is 88.9 Å². The first-order valence-corrected chi connectivity index (χ1v) is 6.01. The summed E-state index contributed by atoms with van der Waals surface area (Å²) in [5.74, 6) is 0.701. The van der Waals surface area contributed by atoms with E-state index >= 15 is 0 Å². The predicted molar refractivity (Wildman–Crippen MR) is 59.7 cm³/mol. The Morgan fingerprint density at radius 3 is 3.07 bits per heavy atom. The lowest BCUT2D eigenvalue weighted by molar-refractivity contribution is 0.459. The summed E-state index contributed by atoms with van der Waals surface area (Å²) in [6.45, 7) is 3.24. The summed E-state index contributed by atoms with van der Waals surface area (Å²) < 4.78 is 0. The molecule has 1 aromatic heterocycles. The lowest BCUT2D eigenvalue weighted by Crippen LogP contribution is -2.26. The number of piperidine rings is 1. The van der Waals surface area contributed by atoms with Gasteiger partial charge >= 0.3 is 0 Å². The molecule has 0 bridgehead atoms. The van der Waals surface area contributed by atoms with Crippen LogP contribution in [0.5, 0.6) is 0 Å². The molecule has 0 aliphatic carbocycles. The third-order valence-electron chi connectivity index (χ3n) is 2.61. The molecule has 1 fully saturated rings. The van der Waals surface area contributed by atoms with Crippen LogP contribution in [0.2, 0.25) is 0 Å². The SMILES string of the molecule is CNCc1cnc(C2CCNCC2)s1. The van der Waals surface area contributed by atoms with E-state index in [4.69, 9.17) is 0 Å². The fourth-order valence-corrected chi connectivity index (χ4v) is 2.93. The smallest absolute Gasteiger partial charge is 0.0960 e. The molecule has 2 N–H and O–H groups in total. The van der Waals surface area contributed by atoms with Crippen LogP contribution in [0.3, 0.4) is 0 Å². The minimum Gasteiger partial charge on any atom is -0.317 e. The summed E-state index contributed by atoms with van der Waals surface area (Å²) in [4.78, 5) is 5.86. The van der Waals surface area contributed by atoms with Crippen molar-refractivity contribution in [3.63, 3.8) is 0 Å². The summed E-state index contributed by atoms with van der Waals surface area (Å²) in [5.41, 5.74) is 0. The normalized spacial score (nSPS) is 18.6. The van der Waals surface area contributed by atoms with E-state index in [1.165, 1.54) is 22.7 Å². The van der Waals surface area contributed by atoms with Crippen LogP contribution in [0, 0.1) is 0 Å². The van der Waals surface area contributed by atoms with Crippen LogP contribution in [-0.2, 0) is 6.54 Å². The summed E-state index contributed by atoms with van der Waals surface area (Å²) >= 11 is 1.86. The van der Waals surface area contributed by atoms with Crippen molar-refractivity contribution in [3.05, 3.63) is 16.1 Å². The molecule has 78 valence electrons. The molecule has 0 atom stereocenters. The molecular formula is C10H17N3S. The second kappa shape index (κ2) is 4.87. The zero-order chi connectivity index (χ0) is 9.80. The van der Waals surface area contributed by atoms with Gasteiger partial charge in [-0.3, -0.25) is 0 Å². The van der Waals surface area contributed by atoms with Gasteiger partial charge in [-0.2, -0.15) is 0 Å². The van der Waals surface area contributed by atoms with E-state index in [0.29, 0.717) is 5.92 Å². The fraction of sp³-hybridized carbons (Fsp3) is 0.700.